The van der Waals surface area contributed by atoms with Gasteiger partial charge in [-0.2, -0.15) is 0 Å². The van der Waals surface area contributed by atoms with Crippen molar-refractivity contribution < 1.29 is 9.53 Å². The first-order valence-corrected chi connectivity index (χ1v) is 4.34. The quantitative estimate of drug-likeness (QED) is 0.764. The third kappa shape index (κ3) is 2.39. The summed E-state index contributed by atoms with van der Waals surface area (Å²) < 4.78 is 5.16. The lowest BCUT2D eigenvalue weighted by molar-refractivity contribution is 0.246. The number of hydrogen-bond acceptors (Lipinski definition) is 2. The molecule has 0 radical (unpaired) electrons. The zero-order valence-corrected chi connectivity index (χ0v) is 8.28. The van der Waals surface area contributed by atoms with Crippen LogP contribution in [0.15, 0.2) is 24.3 Å². The van der Waals surface area contributed by atoms with Crippen molar-refractivity contribution in [2.24, 2.45) is 5.73 Å². The summed E-state index contributed by atoms with van der Waals surface area (Å²) in [5.41, 5.74) is 5.94. The van der Waals surface area contributed by atoms with E-state index >= 15 is 0 Å². The lowest BCUT2D eigenvalue weighted by Crippen LogP contribution is -2.31. The normalized spacial score (nSPS) is 11.9. The van der Waals surface area contributed by atoms with Crippen molar-refractivity contribution in [2.45, 2.75) is 13.0 Å². The first-order valence-electron chi connectivity index (χ1n) is 4.34. The number of primary amides is 1. The summed E-state index contributed by atoms with van der Waals surface area (Å²) in [5, 5.41) is 2.59. The van der Waals surface area contributed by atoms with Crippen molar-refractivity contribution >= 4 is 6.03 Å². The Morgan fingerprint density at radius 1 is 1.50 bits per heavy atom. The average Bonchev–Trinajstić information content (AvgIpc) is 2.16. The van der Waals surface area contributed by atoms with Gasteiger partial charge in [0.2, 0.25) is 0 Å². The summed E-state index contributed by atoms with van der Waals surface area (Å²) in [5.74, 6) is 0.744. The molecule has 1 aromatic carbocycles. The Bertz CT molecular complexity index is 326. The molecule has 0 fully saturated rings. The molecule has 76 valence electrons. The van der Waals surface area contributed by atoms with Crippen LogP contribution in [0, 0.1) is 0 Å². The largest absolute Gasteiger partial charge is 0.496 e. The summed E-state index contributed by atoms with van der Waals surface area (Å²) in [6, 6.07) is 6.80. The molecule has 4 heteroatoms. The molecule has 0 bridgehead atoms. The summed E-state index contributed by atoms with van der Waals surface area (Å²) >= 11 is 0. The lowest BCUT2D eigenvalue weighted by Gasteiger charge is -2.15. The number of ether oxygens (including phenoxy) is 1. The first-order chi connectivity index (χ1) is 6.65. The van der Waals surface area contributed by atoms with Gasteiger partial charge in [-0.3, -0.25) is 0 Å². The van der Waals surface area contributed by atoms with E-state index in [1.807, 2.05) is 31.2 Å². The second-order valence-corrected chi connectivity index (χ2v) is 2.97. The fourth-order valence-corrected chi connectivity index (χ4v) is 1.32. The second-order valence-electron chi connectivity index (χ2n) is 2.97. The summed E-state index contributed by atoms with van der Waals surface area (Å²) in [6.45, 7) is 1.85. The Morgan fingerprint density at radius 3 is 2.71 bits per heavy atom. The number of benzene rings is 1. The van der Waals surface area contributed by atoms with Gasteiger partial charge in [0.05, 0.1) is 13.2 Å². The molecular weight excluding hydrogens is 180 g/mol. The van der Waals surface area contributed by atoms with Crippen molar-refractivity contribution in [3.63, 3.8) is 0 Å². The number of nitrogens with two attached hydrogens (primary N) is 1. The monoisotopic (exact) mass is 194 g/mol. The number of methoxy groups -OCH3 is 1. The van der Waals surface area contributed by atoms with Gasteiger partial charge in [-0.15, -0.1) is 0 Å². The molecule has 3 N–H and O–H groups in total. The number of carbonyl (C=O) groups excluding carboxylic acids is 1. The number of urea groups is 1. The fourth-order valence-electron chi connectivity index (χ4n) is 1.32. The molecular formula is C10H14N2O2. The topological polar surface area (TPSA) is 64.3 Å². The fraction of sp³-hybridized carbons (Fsp3) is 0.300. The summed E-state index contributed by atoms with van der Waals surface area (Å²) in [6.07, 6.45) is 0. The van der Waals surface area contributed by atoms with Crippen LogP contribution in [0.4, 0.5) is 4.79 Å². The molecule has 1 aromatic rings. The van der Waals surface area contributed by atoms with Crippen molar-refractivity contribution in [2.75, 3.05) is 7.11 Å². The van der Waals surface area contributed by atoms with Crippen LogP contribution < -0.4 is 15.8 Å². The van der Waals surface area contributed by atoms with Crippen LogP contribution >= 0.6 is 0 Å². The van der Waals surface area contributed by atoms with Gasteiger partial charge in [0.15, 0.2) is 0 Å². The predicted octanol–water partition coefficient (Wildman–Crippen LogP) is 1.42. The highest BCUT2D eigenvalue weighted by atomic mass is 16.5. The molecule has 0 saturated heterocycles. The molecule has 14 heavy (non-hydrogen) atoms. The maximum atomic E-state index is 10.7. The zero-order valence-electron chi connectivity index (χ0n) is 8.28. The van der Waals surface area contributed by atoms with Crippen LogP contribution in [0.25, 0.3) is 0 Å². The van der Waals surface area contributed by atoms with Crippen molar-refractivity contribution in [3.05, 3.63) is 29.8 Å². The Morgan fingerprint density at radius 2 is 2.14 bits per heavy atom. The molecule has 0 saturated carbocycles. The minimum absolute atomic E-state index is 0.149. The number of hydrogen-bond donors (Lipinski definition) is 2. The van der Waals surface area contributed by atoms with Crippen molar-refractivity contribution in [1.82, 2.24) is 5.32 Å². The molecule has 0 heterocycles. The van der Waals surface area contributed by atoms with Crippen molar-refractivity contribution in [3.8, 4) is 5.75 Å². The SMILES string of the molecule is COc1ccccc1[C@H](C)NC(N)=O. The van der Waals surface area contributed by atoms with Crippen LogP contribution in [0.3, 0.4) is 0 Å². The van der Waals surface area contributed by atoms with Gasteiger partial charge in [0.1, 0.15) is 5.75 Å². The number of carbonyl (C=O) groups is 1. The standard InChI is InChI=1S/C10H14N2O2/c1-7(12-10(11)13)8-5-3-4-6-9(8)14-2/h3-7H,1-2H3,(H3,11,12,13)/t7-/m0/s1. The van der Waals surface area contributed by atoms with E-state index in [1.54, 1.807) is 7.11 Å². The minimum Gasteiger partial charge on any atom is -0.496 e. The van der Waals surface area contributed by atoms with E-state index in [4.69, 9.17) is 10.5 Å². The summed E-state index contributed by atoms with van der Waals surface area (Å²) in [4.78, 5) is 10.7. The van der Waals surface area contributed by atoms with Gasteiger partial charge in [-0.1, -0.05) is 18.2 Å². The van der Waals surface area contributed by atoms with E-state index in [-0.39, 0.29) is 6.04 Å². The van der Waals surface area contributed by atoms with Gasteiger partial charge in [-0.25, -0.2) is 4.79 Å². The Kier molecular flexibility index (Phi) is 3.34. The van der Waals surface area contributed by atoms with Crippen LogP contribution in [0.2, 0.25) is 0 Å². The van der Waals surface area contributed by atoms with Crippen LogP contribution in [-0.4, -0.2) is 13.1 Å². The van der Waals surface area contributed by atoms with Gasteiger partial charge < -0.3 is 15.8 Å². The maximum absolute atomic E-state index is 10.7. The highest BCUT2D eigenvalue weighted by molar-refractivity contribution is 5.72. The van der Waals surface area contributed by atoms with Gasteiger partial charge in [-0.05, 0) is 13.0 Å². The van der Waals surface area contributed by atoms with E-state index < -0.39 is 6.03 Å². The van der Waals surface area contributed by atoms with E-state index in [2.05, 4.69) is 5.32 Å². The third-order valence-corrected chi connectivity index (χ3v) is 1.96. The minimum atomic E-state index is -0.539. The number of para-hydroxylation sites is 1. The highest BCUT2D eigenvalue weighted by Crippen LogP contribution is 2.23. The van der Waals surface area contributed by atoms with Gasteiger partial charge in [0.25, 0.3) is 0 Å². The van der Waals surface area contributed by atoms with Crippen LogP contribution in [0.5, 0.6) is 5.75 Å². The third-order valence-electron chi connectivity index (χ3n) is 1.96. The average molecular weight is 194 g/mol. The Hall–Kier alpha value is -1.71. The number of amides is 2. The van der Waals surface area contributed by atoms with E-state index in [1.165, 1.54) is 0 Å². The van der Waals surface area contributed by atoms with E-state index in [0.717, 1.165) is 11.3 Å². The predicted molar refractivity (Wildman–Crippen MR) is 54.1 cm³/mol. The number of nitrogens with one attached hydrogen (secondary N) is 1. The highest BCUT2D eigenvalue weighted by Gasteiger charge is 2.11. The molecule has 0 spiro atoms. The smallest absolute Gasteiger partial charge is 0.312 e. The molecule has 0 aliphatic heterocycles. The summed E-state index contributed by atoms with van der Waals surface area (Å²) in [7, 11) is 1.59. The molecule has 0 unspecified atom stereocenters. The van der Waals surface area contributed by atoms with Crippen molar-refractivity contribution in [1.29, 1.82) is 0 Å². The molecule has 0 aliphatic carbocycles. The van der Waals surface area contributed by atoms with E-state index in [0.29, 0.717) is 0 Å². The zero-order chi connectivity index (χ0) is 10.6. The van der Waals surface area contributed by atoms with Gasteiger partial charge in [0, 0.05) is 5.56 Å². The molecule has 0 aromatic heterocycles. The number of rotatable bonds is 3. The molecule has 0 aliphatic rings. The second kappa shape index (κ2) is 4.50. The van der Waals surface area contributed by atoms with Crippen LogP contribution in [-0.2, 0) is 0 Å². The van der Waals surface area contributed by atoms with E-state index in [9.17, 15) is 4.79 Å². The molecule has 2 amide bonds. The molecule has 1 rings (SSSR count). The lowest BCUT2D eigenvalue weighted by atomic mass is 10.1. The van der Waals surface area contributed by atoms with Gasteiger partial charge >= 0.3 is 6.03 Å². The molecule has 4 nitrogen and oxygen atoms in total. The maximum Gasteiger partial charge on any atom is 0.312 e. The Balaban J connectivity index is 2.87. The first kappa shape index (κ1) is 10.4. The molecule has 1 atom stereocenters. The Labute approximate surface area is 83.1 Å². The van der Waals surface area contributed by atoms with Crippen LogP contribution in [0.1, 0.15) is 18.5 Å².